The number of aromatic nitrogens is 3. The van der Waals surface area contributed by atoms with Crippen molar-refractivity contribution in [2.75, 3.05) is 13.7 Å². The summed E-state index contributed by atoms with van der Waals surface area (Å²) in [5.74, 6) is 1.57. The van der Waals surface area contributed by atoms with Crippen molar-refractivity contribution in [1.82, 2.24) is 15.0 Å². The van der Waals surface area contributed by atoms with Crippen LogP contribution < -0.4 is 15.0 Å². The lowest BCUT2D eigenvalue weighted by Gasteiger charge is -2.09. The largest absolute Gasteiger partial charge is 0.493 e. The van der Waals surface area contributed by atoms with Crippen LogP contribution in [0.3, 0.4) is 0 Å². The van der Waals surface area contributed by atoms with Gasteiger partial charge in [0.25, 0.3) is 5.56 Å². The number of aryl methyl sites for hydroxylation is 1. The van der Waals surface area contributed by atoms with Crippen LogP contribution in [0.1, 0.15) is 31.3 Å². The number of benzene rings is 2. The van der Waals surface area contributed by atoms with Crippen molar-refractivity contribution in [1.29, 1.82) is 0 Å². The molecule has 0 fully saturated rings. The van der Waals surface area contributed by atoms with Crippen molar-refractivity contribution in [3.8, 4) is 22.1 Å². The van der Waals surface area contributed by atoms with E-state index in [1.165, 1.54) is 11.3 Å². The molecule has 2 aromatic carbocycles. The number of carbonyl (C=O) groups is 1. The Morgan fingerprint density at radius 3 is 2.79 bits per heavy atom. The molecule has 0 aliphatic carbocycles. The van der Waals surface area contributed by atoms with Gasteiger partial charge in [0.2, 0.25) is 0 Å². The third-order valence-electron chi connectivity index (χ3n) is 5.10. The number of aromatic amines is 1. The molecule has 2 aromatic heterocycles. The van der Waals surface area contributed by atoms with Gasteiger partial charge in [0, 0.05) is 23.8 Å². The molecule has 176 valence electrons. The molecule has 4 aromatic rings. The van der Waals surface area contributed by atoms with Gasteiger partial charge >= 0.3 is 5.97 Å². The van der Waals surface area contributed by atoms with Crippen molar-refractivity contribution in [3.05, 3.63) is 69.7 Å². The molecule has 0 aliphatic rings. The Morgan fingerprint density at radius 1 is 1.12 bits per heavy atom. The lowest BCUT2D eigenvalue weighted by molar-refractivity contribution is -0.145. The molecule has 0 bridgehead atoms. The Bertz CT molecular complexity index is 1350. The molecule has 9 heteroatoms. The lowest BCUT2D eigenvalue weighted by Crippen LogP contribution is -2.12. The molecule has 0 aliphatic heterocycles. The quantitative estimate of drug-likeness (QED) is 0.334. The highest BCUT2D eigenvalue weighted by atomic mass is 32.1. The fourth-order valence-electron chi connectivity index (χ4n) is 3.46. The zero-order valence-corrected chi connectivity index (χ0v) is 19.8. The van der Waals surface area contributed by atoms with Gasteiger partial charge in [-0.2, -0.15) is 0 Å². The summed E-state index contributed by atoms with van der Waals surface area (Å²) < 4.78 is 16.3. The number of ether oxygens (including phenoxy) is 3. The second kappa shape index (κ2) is 10.9. The van der Waals surface area contributed by atoms with E-state index in [0.29, 0.717) is 53.4 Å². The second-order valence-electron chi connectivity index (χ2n) is 7.49. The van der Waals surface area contributed by atoms with Crippen LogP contribution in [0.25, 0.3) is 21.5 Å². The zero-order valence-electron chi connectivity index (χ0n) is 19.0. The van der Waals surface area contributed by atoms with Crippen LogP contribution in [0.2, 0.25) is 0 Å². The normalized spacial score (nSPS) is 10.9. The molecule has 0 saturated carbocycles. The van der Waals surface area contributed by atoms with Crippen LogP contribution in [0.4, 0.5) is 0 Å². The van der Waals surface area contributed by atoms with Crippen LogP contribution in [0.5, 0.6) is 11.5 Å². The van der Waals surface area contributed by atoms with Gasteiger partial charge in [0.15, 0.2) is 11.5 Å². The number of methoxy groups -OCH3 is 1. The van der Waals surface area contributed by atoms with Gasteiger partial charge in [-0.3, -0.25) is 9.59 Å². The van der Waals surface area contributed by atoms with E-state index in [2.05, 4.69) is 15.0 Å². The zero-order chi connectivity index (χ0) is 23.9. The highest BCUT2D eigenvalue weighted by molar-refractivity contribution is 7.13. The van der Waals surface area contributed by atoms with E-state index in [-0.39, 0.29) is 24.6 Å². The van der Waals surface area contributed by atoms with Gasteiger partial charge in [-0.05, 0) is 43.7 Å². The molecule has 4 rings (SSSR count). The summed E-state index contributed by atoms with van der Waals surface area (Å²) in [6.45, 7) is 2.58. The van der Waals surface area contributed by atoms with Crippen LogP contribution in [0, 0.1) is 0 Å². The van der Waals surface area contributed by atoms with E-state index >= 15 is 0 Å². The van der Waals surface area contributed by atoms with Crippen LogP contribution >= 0.6 is 11.3 Å². The second-order valence-corrected chi connectivity index (χ2v) is 8.34. The third-order valence-corrected chi connectivity index (χ3v) is 6.04. The number of para-hydroxylation sites is 1. The maximum Gasteiger partial charge on any atom is 0.306 e. The lowest BCUT2D eigenvalue weighted by atomic mass is 10.2. The first-order valence-corrected chi connectivity index (χ1v) is 11.8. The topological polar surface area (TPSA) is 103 Å². The molecular formula is C25H25N3O5S. The number of nitrogens with one attached hydrogen (secondary N) is 1. The third kappa shape index (κ3) is 5.60. The number of fused-ring (bicyclic) bond motifs is 1. The summed E-state index contributed by atoms with van der Waals surface area (Å²) in [4.78, 5) is 36.1. The van der Waals surface area contributed by atoms with Crippen LogP contribution in [-0.4, -0.2) is 34.6 Å². The van der Waals surface area contributed by atoms with Gasteiger partial charge in [-0.15, -0.1) is 11.3 Å². The summed E-state index contributed by atoms with van der Waals surface area (Å²) in [7, 11) is 1.60. The predicted octanol–water partition coefficient (Wildman–Crippen LogP) is 4.52. The minimum Gasteiger partial charge on any atom is -0.493 e. The van der Waals surface area contributed by atoms with Crippen LogP contribution in [-0.2, 0) is 22.6 Å². The molecule has 1 N–H and O–H groups in total. The summed E-state index contributed by atoms with van der Waals surface area (Å²) in [6.07, 6.45) is 1.23. The fourth-order valence-corrected chi connectivity index (χ4v) is 4.26. The molecule has 0 unspecified atom stereocenters. The van der Waals surface area contributed by atoms with E-state index in [4.69, 9.17) is 14.2 Å². The molecule has 34 heavy (non-hydrogen) atoms. The van der Waals surface area contributed by atoms with E-state index in [1.54, 1.807) is 25.3 Å². The molecule has 0 amide bonds. The highest BCUT2D eigenvalue weighted by Gasteiger charge is 2.12. The van der Waals surface area contributed by atoms with Crippen molar-refractivity contribution in [2.24, 2.45) is 0 Å². The number of hydrogen-bond donors (Lipinski definition) is 1. The van der Waals surface area contributed by atoms with Gasteiger partial charge in [-0.1, -0.05) is 12.1 Å². The SMILES string of the molecule is CCOc1ccc(-c2nc(COC(=O)CCCc3nc4ccccc4c(=O)[nH]3)cs2)cc1OC. The average Bonchev–Trinajstić information content (AvgIpc) is 3.32. The van der Waals surface area contributed by atoms with Gasteiger partial charge in [-0.25, -0.2) is 9.97 Å². The highest BCUT2D eigenvalue weighted by Crippen LogP contribution is 2.33. The Morgan fingerprint density at radius 2 is 1.97 bits per heavy atom. The number of rotatable bonds is 10. The number of thiazole rings is 1. The van der Waals surface area contributed by atoms with E-state index in [9.17, 15) is 9.59 Å². The molecule has 8 nitrogen and oxygen atoms in total. The summed E-state index contributed by atoms with van der Waals surface area (Å²) in [6, 6.07) is 12.8. The average molecular weight is 480 g/mol. The number of nitrogens with zero attached hydrogens (tertiary/aromatic N) is 2. The van der Waals surface area contributed by atoms with Crippen LogP contribution in [0.15, 0.2) is 52.6 Å². The molecule has 0 spiro atoms. The standard InChI is InChI=1S/C25H25N3O5S/c1-3-32-20-12-11-16(13-21(20)31-2)25-26-17(15-34-25)14-33-23(29)10-6-9-22-27-19-8-5-4-7-18(19)24(30)28-22/h4-5,7-8,11-13,15H,3,6,9-10,14H2,1-2H3,(H,27,28,30). The first kappa shape index (κ1) is 23.4. The molecule has 0 saturated heterocycles. The summed E-state index contributed by atoms with van der Waals surface area (Å²) in [5.41, 5.74) is 2.06. The van der Waals surface area contributed by atoms with Crippen molar-refractivity contribution in [2.45, 2.75) is 32.8 Å². The Hall–Kier alpha value is -3.72. The Labute approximate surface area is 200 Å². The van der Waals surface area contributed by atoms with E-state index in [1.807, 2.05) is 36.6 Å². The molecular weight excluding hydrogens is 454 g/mol. The molecule has 0 radical (unpaired) electrons. The Balaban J connectivity index is 1.28. The van der Waals surface area contributed by atoms with E-state index < -0.39 is 0 Å². The molecule has 0 atom stereocenters. The predicted molar refractivity (Wildman–Crippen MR) is 130 cm³/mol. The number of carbonyl (C=O) groups excluding carboxylic acids is 1. The monoisotopic (exact) mass is 479 g/mol. The van der Waals surface area contributed by atoms with Gasteiger partial charge < -0.3 is 19.2 Å². The van der Waals surface area contributed by atoms with Crippen molar-refractivity contribution >= 4 is 28.2 Å². The molecule has 2 heterocycles. The number of esters is 1. The van der Waals surface area contributed by atoms with E-state index in [0.717, 1.165) is 10.6 Å². The Kier molecular flexibility index (Phi) is 7.54. The first-order chi connectivity index (χ1) is 16.6. The van der Waals surface area contributed by atoms with Crippen molar-refractivity contribution < 1.29 is 19.0 Å². The van der Waals surface area contributed by atoms with Gasteiger partial charge in [0.05, 0.1) is 30.3 Å². The number of H-pyrrole nitrogens is 1. The smallest absolute Gasteiger partial charge is 0.306 e. The van der Waals surface area contributed by atoms with Gasteiger partial charge in [0.1, 0.15) is 17.4 Å². The van der Waals surface area contributed by atoms with Crippen molar-refractivity contribution in [3.63, 3.8) is 0 Å². The summed E-state index contributed by atoms with van der Waals surface area (Å²) in [5, 5.41) is 3.23. The minimum absolute atomic E-state index is 0.106. The number of hydrogen-bond acceptors (Lipinski definition) is 8. The minimum atomic E-state index is -0.319. The summed E-state index contributed by atoms with van der Waals surface area (Å²) >= 11 is 1.47. The maximum absolute atomic E-state index is 12.2. The first-order valence-electron chi connectivity index (χ1n) is 11.0. The fraction of sp³-hybridized carbons (Fsp3) is 0.280. The maximum atomic E-state index is 12.2.